The summed E-state index contributed by atoms with van der Waals surface area (Å²) < 4.78 is 45.0. The smallest absolute Gasteiger partial charge is 0.463 e. The average Bonchev–Trinajstić information content (AvgIpc) is 1.62. The number of ether oxygens (including phenoxy) is 6. The number of nitrogens with zero attached hydrogens (tertiary/aromatic N) is 25. The van der Waals surface area contributed by atoms with Gasteiger partial charge in [-0.15, -0.1) is 0 Å². The van der Waals surface area contributed by atoms with Gasteiger partial charge < -0.3 is 38.5 Å². The molecule has 38 nitrogen and oxygen atoms in total. The fourth-order valence-electron chi connectivity index (χ4n) is 16.1. The Bertz CT molecular complexity index is 7900. The van der Waals surface area contributed by atoms with Crippen LogP contribution in [0.25, 0.3) is 136 Å². The zero-order chi connectivity index (χ0) is 103. The highest BCUT2D eigenvalue weighted by Gasteiger charge is 2.31. The number of aromatic nitrogens is 24. The maximum absolute atomic E-state index is 12.1. The summed E-state index contributed by atoms with van der Waals surface area (Å²) in [4.78, 5) is 89.6. The van der Waals surface area contributed by atoms with Gasteiger partial charge in [-0.3, -0.25) is 29.7 Å². The van der Waals surface area contributed by atoms with Crippen LogP contribution in [0.2, 0.25) is 0 Å². The first kappa shape index (κ1) is 105. The van der Waals surface area contributed by atoms with Gasteiger partial charge in [0, 0.05) is 120 Å². The van der Waals surface area contributed by atoms with E-state index in [2.05, 4.69) is 114 Å². The van der Waals surface area contributed by atoms with E-state index in [0.717, 1.165) is 155 Å². The molecule has 0 aliphatic carbocycles. The van der Waals surface area contributed by atoms with E-state index in [0.29, 0.717) is 108 Å². The molecule has 147 heavy (non-hydrogen) atoms. The van der Waals surface area contributed by atoms with Crippen molar-refractivity contribution in [3.63, 3.8) is 0 Å². The Hall–Kier alpha value is -16.7. The Balaban J connectivity index is 0.000000137. The number of aryl methyl sites for hydroxylation is 4. The van der Waals surface area contributed by atoms with Crippen molar-refractivity contribution in [2.45, 2.75) is 118 Å². The summed E-state index contributed by atoms with van der Waals surface area (Å²) in [7, 11) is -1.58. The number of hydrogen-bond donors (Lipinski definition) is 3. The largest absolute Gasteiger partial charge is 0.492 e. The number of esters is 4. The summed E-state index contributed by atoms with van der Waals surface area (Å²) >= 11 is 5.50. The normalized spacial score (nSPS) is 13.3. The molecule has 2 aromatic carbocycles. The number of rotatable bonds is 25. The summed E-state index contributed by atoms with van der Waals surface area (Å²) in [5, 5.41) is 58.3. The lowest BCUT2D eigenvalue weighted by atomic mass is 9.80. The van der Waals surface area contributed by atoms with Crippen molar-refractivity contribution < 1.29 is 57.6 Å². The Morgan fingerprint density at radius 2 is 0.864 bits per heavy atom. The van der Waals surface area contributed by atoms with Gasteiger partial charge in [0.1, 0.15) is 31.0 Å². The van der Waals surface area contributed by atoms with Crippen LogP contribution in [0, 0.1) is 44.4 Å². The van der Waals surface area contributed by atoms with Crippen molar-refractivity contribution in [3.05, 3.63) is 327 Å². The van der Waals surface area contributed by atoms with Gasteiger partial charge in [-0.2, -0.15) is 40.8 Å². The minimum absolute atomic E-state index is 0.159. The minimum Gasteiger partial charge on any atom is -0.463 e. The van der Waals surface area contributed by atoms with E-state index in [1.54, 1.807) is 93.1 Å². The molecule has 0 bridgehead atoms. The number of aromatic amines is 1. The van der Waals surface area contributed by atoms with E-state index in [4.69, 9.17) is 61.7 Å². The van der Waals surface area contributed by atoms with E-state index in [1.165, 1.54) is 55.8 Å². The van der Waals surface area contributed by atoms with E-state index in [-0.39, 0.29) is 25.0 Å². The van der Waals surface area contributed by atoms with Crippen LogP contribution < -0.4 is 5.46 Å². The zero-order valence-electron chi connectivity index (χ0n) is 81.4. The molecule has 0 spiro atoms. The molecule has 2 saturated heterocycles. The van der Waals surface area contributed by atoms with E-state index in [9.17, 15) is 29.2 Å². The van der Waals surface area contributed by atoms with Crippen molar-refractivity contribution in [1.29, 1.82) is 0 Å². The zero-order valence-corrected chi connectivity index (χ0v) is 85.2. The molecule has 744 valence electrons. The third kappa shape index (κ3) is 26.5. The number of hydrogen-bond acceptors (Lipinski definition) is 28. The van der Waals surface area contributed by atoms with Gasteiger partial charge >= 0.3 is 31.0 Å². The number of carbonyl (C=O) groups is 4. The highest BCUT2D eigenvalue weighted by atomic mass is 127. The lowest BCUT2D eigenvalue weighted by Crippen LogP contribution is -2.32. The first-order valence-corrected chi connectivity index (χ1v) is 49.3. The number of halogens is 2. The molecule has 2 aliphatic rings. The Morgan fingerprint density at radius 1 is 0.463 bits per heavy atom. The van der Waals surface area contributed by atoms with E-state index < -0.39 is 25.0 Å². The minimum atomic E-state index is -1.58. The number of fused-ring (bicyclic) bond motifs is 4. The second-order valence-corrected chi connectivity index (χ2v) is 34.5. The Morgan fingerprint density at radius 3 is 1.32 bits per heavy atom. The number of pyridine rings is 8. The molecule has 0 saturated carbocycles. The van der Waals surface area contributed by atoms with E-state index >= 15 is 0 Å². The van der Waals surface area contributed by atoms with Crippen molar-refractivity contribution in [2.24, 2.45) is 0 Å². The molecule has 2 atom stereocenters. The molecule has 16 aromatic heterocycles. The maximum atomic E-state index is 12.1. The second-order valence-electron chi connectivity index (χ2n) is 32.8. The fourth-order valence-corrected chi connectivity index (χ4v) is 17.0. The molecule has 20 rings (SSSR count). The standard InChI is InChI=1S/C28H23N7O2.C25H26N6O3.C20H18N6O2.C14H18BN3O3.C11H10IN3O2.C8H6BrN/c1-4-37-27(36)14-12-25-22(11-13-26-30-18-31-35(25)26)23-17-34(16-20-8-6-9-21(15-20)29-3)33-28(23)24-10-5-7-19(2)32-24;1-3-33-24(32)13-11-21-18(10-12-22-26-16-28-30(21)22)19-15-27-31(23-9-4-5-14-34-23)25(19)20-8-6-7-17(2)29-20;1-3-28-19(27)10-8-17-14(7-9-18-21-12-23-26(17)18)15-11-22-25-20(15)16-6-4-5-13(2)24-16;1-10-5-4-6-12(17-10)14-11(15(19)20)9-16-18(14)13-7-2-3-8-21-13;1-2-17-11(16)6-4-9-8(12)3-5-10-13-7-14-15(9)10;1-10-8-4-2-3-7(5-8)6-9/h5-15,17-18H,4,16H2,1-2H3;6-8,10-13,15-16,23H,3-5,9,14H2,1-2H3;4-12H,3H2,1-2H3,(H,22,25);4-6,9,13,19-20H,2-3,7-8H2,1H3;3-7H,2H2,1H3;2-5H,6H2/b14-12+;13-11+;10-8+;;6-4+;. The third-order valence-electron chi connectivity index (χ3n) is 22.7. The van der Waals surface area contributed by atoms with Crippen LogP contribution in [-0.4, -0.2) is 199 Å². The van der Waals surface area contributed by atoms with Gasteiger partial charge in [0.2, 0.25) is 0 Å². The predicted molar refractivity (Wildman–Crippen MR) is 566 cm³/mol. The topological polar surface area (TPSA) is 427 Å². The number of nitrogens with one attached hydrogen (secondary N) is 1. The third-order valence-corrected chi connectivity index (χ3v) is 24.2. The van der Waals surface area contributed by atoms with Crippen molar-refractivity contribution in [3.8, 4) is 78.9 Å². The monoisotopic (exact) mass is 2150 g/mol. The van der Waals surface area contributed by atoms with Crippen molar-refractivity contribution >= 4 is 133 Å². The van der Waals surface area contributed by atoms with Crippen LogP contribution in [0.15, 0.2) is 244 Å². The Labute approximate surface area is 867 Å². The first-order valence-electron chi connectivity index (χ1n) is 47.1. The molecule has 3 N–H and O–H groups in total. The van der Waals surface area contributed by atoms with Crippen LogP contribution in [-0.2, 0) is 59.5 Å². The first-order chi connectivity index (χ1) is 71.6. The lowest BCUT2D eigenvalue weighted by Gasteiger charge is -2.25. The van der Waals surface area contributed by atoms with Gasteiger partial charge in [0.05, 0.1) is 121 Å². The fraction of sp³-hybridized carbons (Fsp3) is 0.226. The molecule has 2 aliphatic heterocycles. The Kier molecular flexibility index (Phi) is 36.3. The molecule has 0 amide bonds. The summed E-state index contributed by atoms with van der Waals surface area (Å²) in [6.45, 7) is 32.0. The van der Waals surface area contributed by atoms with Gasteiger partial charge in [0.15, 0.2) is 46.4 Å². The van der Waals surface area contributed by atoms with Crippen LogP contribution in [0.3, 0.4) is 0 Å². The molecule has 41 heteroatoms. The van der Waals surface area contributed by atoms with Crippen LogP contribution in [0.4, 0.5) is 11.4 Å². The molecular weight excluding hydrogens is 2050 g/mol. The lowest BCUT2D eigenvalue weighted by molar-refractivity contribution is -0.138. The van der Waals surface area contributed by atoms with Gasteiger partial charge in [-0.1, -0.05) is 88.7 Å². The number of carbonyl (C=O) groups excluding carboxylic acids is 4. The van der Waals surface area contributed by atoms with Gasteiger partial charge in [-0.05, 0) is 249 Å². The quantitative estimate of drug-likeness (QED) is 0.00910. The van der Waals surface area contributed by atoms with Crippen LogP contribution >= 0.6 is 38.5 Å². The summed E-state index contributed by atoms with van der Waals surface area (Å²) in [5.41, 5.74) is 23.8. The van der Waals surface area contributed by atoms with Crippen LogP contribution in [0.1, 0.15) is 135 Å². The molecule has 18 aromatic rings. The van der Waals surface area contributed by atoms with Gasteiger partial charge in [0.25, 0.3) is 0 Å². The number of benzene rings is 2. The summed E-state index contributed by atoms with van der Waals surface area (Å²) in [5.74, 6) is -1.64. The number of alkyl halides is 1. The highest BCUT2D eigenvalue weighted by Crippen LogP contribution is 2.40. The summed E-state index contributed by atoms with van der Waals surface area (Å²) in [6.07, 6.45) is 30.9. The second kappa shape index (κ2) is 51.0. The van der Waals surface area contributed by atoms with Crippen molar-refractivity contribution in [1.82, 2.24) is 118 Å². The van der Waals surface area contributed by atoms with Crippen LogP contribution in [0.5, 0.6) is 0 Å². The molecule has 2 unspecified atom stereocenters. The molecule has 0 radical (unpaired) electrons. The van der Waals surface area contributed by atoms with E-state index in [1.807, 2.05) is 207 Å². The molecule has 2 fully saturated rings. The SMILES string of the molecule is CCOC(=O)/C=C/c1c(-c2cn[nH]c2-c2cccc(C)n2)ccc2ncnn12.CCOC(=O)/C=C/c1c(-c2cnn(C3CCCCO3)c2-c2cccc(C)n2)ccc2ncnn12.CCOC(=O)/C=C/c1c(I)ccc2ncnn12.Cc1cccc(-c2c(B(O)O)cnn2C2CCCCO2)n1.[C-]#[N+]c1cccc(CBr)c1.[C-]#[N+]c1cccc(Cn2cc(-c3ccc4ncnn4c3/C=C/C(=O)OCC)c(-c3cccc(C)n3)n2)c1. The molecule has 18 heterocycles. The maximum Gasteiger partial charge on any atom is 0.492 e. The number of H-pyrrole nitrogens is 1. The van der Waals surface area contributed by atoms with Gasteiger partial charge in [-0.25, -0.2) is 76.2 Å². The molecular formula is C106H101BBrIN26O12. The highest BCUT2D eigenvalue weighted by molar-refractivity contribution is 14.1. The average molecular weight is 2150 g/mol. The predicted octanol–water partition coefficient (Wildman–Crippen LogP) is 18.1. The summed E-state index contributed by atoms with van der Waals surface area (Å²) in [6, 6.07) is 53.5. The van der Waals surface area contributed by atoms with Crippen molar-refractivity contribution in [2.75, 3.05) is 39.6 Å².